The number of methoxy groups -OCH3 is 1. The average molecular weight is 420 g/mol. The maximum atomic E-state index is 12.4. The maximum Gasteiger partial charge on any atom is 0.335 e. The first-order valence-corrected chi connectivity index (χ1v) is 9.30. The van der Waals surface area contributed by atoms with E-state index in [0.717, 1.165) is 23.2 Å². The summed E-state index contributed by atoms with van der Waals surface area (Å²) in [6.07, 6.45) is 1.15. The first kappa shape index (κ1) is 21.4. The minimum absolute atomic E-state index is 0.0479. The van der Waals surface area contributed by atoms with E-state index >= 15 is 0 Å². The number of carbonyl (C=O) groups is 3. The molecule has 0 aliphatic carbocycles. The van der Waals surface area contributed by atoms with Crippen LogP contribution in [0.2, 0.25) is 0 Å². The molecule has 0 radical (unpaired) electrons. The van der Waals surface area contributed by atoms with Crippen molar-refractivity contribution >= 4 is 17.8 Å². The van der Waals surface area contributed by atoms with Gasteiger partial charge in [0, 0.05) is 19.2 Å². The van der Waals surface area contributed by atoms with Gasteiger partial charge in [0.15, 0.2) is 0 Å². The highest BCUT2D eigenvalue weighted by atomic mass is 16.5. The summed E-state index contributed by atoms with van der Waals surface area (Å²) in [7, 11) is 1.58. The van der Waals surface area contributed by atoms with Crippen molar-refractivity contribution in [3.8, 4) is 5.75 Å². The fourth-order valence-electron chi connectivity index (χ4n) is 2.66. The van der Waals surface area contributed by atoms with Gasteiger partial charge >= 0.3 is 5.97 Å². The lowest BCUT2D eigenvalue weighted by Gasteiger charge is -2.08. The van der Waals surface area contributed by atoms with Crippen LogP contribution in [-0.4, -0.2) is 40.0 Å². The standard InChI is InChI=1S/C22H20N4O5/c1-31-17-8-4-15(5-9-17)12-24-21(28)19-10-18(25-13-26-19)20(27)23-11-14-2-6-16(7-3-14)22(29)30/h2-10,13H,11-12H2,1H3,(H,23,27)(H,24,28)(H,29,30). The number of amides is 2. The van der Waals surface area contributed by atoms with E-state index in [1.54, 1.807) is 31.4 Å². The maximum absolute atomic E-state index is 12.4. The summed E-state index contributed by atoms with van der Waals surface area (Å²) in [5.74, 6) is -1.21. The third-order valence-corrected chi connectivity index (χ3v) is 4.40. The predicted octanol–water partition coefficient (Wildman–Crippen LogP) is 2.04. The molecule has 1 aromatic heterocycles. The summed E-state index contributed by atoms with van der Waals surface area (Å²) >= 11 is 0. The number of nitrogens with one attached hydrogen (secondary N) is 2. The molecule has 2 aromatic carbocycles. The van der Waals surface area contributed by atoms with Crippen molar-refractivity contribution in [3.05, 3.63) is 89.0 Å². The van der Waals surface area contributed by atoms with E-state index in [9.17, 15) is 14.4 Å². The SMILES string of the molecule is COc1ccc(CNC(=O)c2cc(C(=O)NCc3ccc(C(=O)O)cc3)ncn2)cc1. The molecule has 158 valence electrons. The van der Waals surface area contributed by atoms with Crippen LogP contribution >= 0.6 is 0 Å². The topological polar surface area (TPSA) is 131 Å². The van der Waals surface area contributed by atoms with Gasteiger partial charge in [-0.05, 0) is 35.4 Å². The first-order chi connectivity index (χ1) is 15.0. The Kier molecular flexibility index (Phi) is 6.89. The van der Waals surface area contributed by atoms with E-state index in [2.05, 4.69) is 20.6 Å². The van der Waals surface area contributed by atoms with Gasteiger partial charge in [-0.25, -0.2) is 14.8 Å². The summed E-state index contributed by atoms with van der Waals surface area (Å²) in [5, 5.41) is 14.3. The Labute approximate surface area is 178 Å². The fourth-order valence-corrected chi connectivity index (χ4v) is 2.66. The number of carboxylic acid groups (broad SMARTS) is 1. The molecule has 0 fully saturated rings. The number of carbonyl (C=O) groups excluding carboxylic acids is 2. The third-order valence-electron chi connectivity index (χ3n) is 4.40. The number of ether oxygens (including phenoxy) is 1. The van der Waals surface area contributed by atoms with Gasteiger partial charge in [-0.15, -0.1) is 0 Å². The molecule has 0 unspecified atom stereocenters. The Hall–Kier alpha value is -4.27. The second-order valence-corrected chi connectivity index (χ2v) is 6.50. The molecular weight excluding hydrogens is 400 g/mol. The Bertz CT molecular complexity index is 1080. The normalized spacial score (nSPS) is 10.2. The van der Waals surface area contributed by atoms with Gasteiger partial charge in [0.25, 0.3) is 11.8 Å². The zero-order valence-corrected chi connectivity index (χ0v) is 16.7. The smallest absolute Gasteiger partial charge is 0.335 e. The van der Waals surface area contributed by atoms with Gasteiger partial charge in [0.2, 0.25) is 0 Å². The summed E-state index contributed by atoms with van der Waals surface area (Å²) in [6.45, 7) is 0.475. The molecule has 0 aliphatic heterocycles. The van der Waals surface area contributed by atoms with Crippen molar-refractivity contribution in [1.29, 1.82) is 0 Å². The minimum atomic E-state index is -1.02. The largest absolute Gasteiger partial charge is 0.497 e. The molecule has 0 bridgehead atoms. The van der Waals surface area contributed by atoms with Crippen LogP contribution in [0.4, 0.5) is 0 Å². The van der Waals surface area contributed by atoms with Gasteiger partial charge in [-0.2, -0.15) is 0 Å². The molecule has 9 nitrogen and oxygen atoms in total. The highest BCUT2D eigenvalue weighted by Gasteiger charge is 2.13. The van der Waals surface area contributed by atoms with Gasteiger partial charge in [-0.3, -0.25) is 9.59 Å². The molecule has 0 saturated carbocycles. The third kappa shape index (κ3) is 5.86. The van der Waals surface area contributed by atoms with Crippen molar-refractivity contribution in [2.45, 2.75) is 13.1 Å². The Morgan fingerprint density at radius 3 is 1.77 bits per heavy atom. The van der Waals surface area contributed by atoms with Crippen LogP contribution in [0.1, 0.15) is 42.5 Å². The van der Waals surface area contributed by atoms with Crippen LogP contribution in [-0.2, 0) is 13.1 Å². The number of nitrogens with zero attached hydrogens (tertiary/aromatic N) is 2. The van der Waals surface area contributed by atoms with Crippen LogP contribution in [0.25, 0.3) is 0 Å². The molecule has 3 N–H and O–H groups in total. The minimum Gasteiger partial charge on any atom is -0.497 e. The van der Waals surface area contributed by atoms with Gasteiger partial charge in [0.05, 0.1) is 12.7 Å². The first-order valence-electron chi connectivity index (χ1n) is 9.30. The van der Waals surface area contributed by atoms with Crippen LogP contribution in [0.3, 0.4) is 0 Å². The molecule has 0 aliphatic rings. The molecule has 31 heavy (non-hydrogen) atoms. The summed E-state index contributed by atoms with van der Waals surface area (Å²) in [6, 6.07) is 14.7. The number of benzene rings is 2. The van der Waals surface area contributed by atoms with Crippen molar-refractivity contribution in [2.75, 3.05) is 7.11 Å². The van der Waals surface area contributed by atoms with E-state index in [-0.39, 0.29) is 23.5 Å². The number of hydrogen-bond donors (Lipinski definition) is 3. The van der Waals surface area contributed by atoms with Crippen molar-refractivity contribution < 1.29 is 24.2 Å². The second-order valence-electron chi connectivity index (χ2n) is 6.50. The lowest BCUT2D eigenvalue weighted by molar-refractivity contribution is 0.0696. The number of rotatable bonds is 8. The van der Waals surface area contributed by atoms with Crippen LogP contribution in [0.5, 0.6) is 5.75 Å². The number of aromatic carboxylic acids is 1. The van der Waals surface area contributed by atoms with Gasteiger partial charge < -0.3 is 20.5 Å². The van der Waals surface area contributed by atoms with Crippen LogP contribution < -0.4 is 15.4 Å². The molecule has 0 spiro atoms. The lowest BCUT2D eigenvalue weighted by atomic mass is 10.1. The monoisotopic (exact) mass is 420 g/mol. The quantitative estimate of drug-likeness (QED) is 0.508. The zero-order valence-electron chi connectivity index (χ0n) is 16.7. The average Bonchev–Trinajstić information content (AvgIpc) is 2.81. The Morgan fingerprint density at radius 1 is 0.839 bits per heavy atom. The molecule has 0 saturated heterocycles. The van der Waals surface area contributed by atoms with Crippen LogP contribution in [0, 0.1) is 0 Å². The van der Waals surface area contributed by atoms with E-state index in [4.69, 9.17) is 9.84 Å². The second kappa shape index (κ2) is 9.97. The van der Waals surface area contributed by atoms with Crippen molar-refractivity contribution in [3.63, 3.8) is 0 Å². The number of carboxylic acids is 1. The van der Waals surface area contributed by atoms with Gasteiger partial charge in [0.1, 0.15) is 23.5 Å². The fraction of sp³-hybridized carbons (Fsp3) is 0.136. The highest BCUT2D eigenvalue weighted by molar-refractivity contribution is 5.97. The predicted molar refractivity (Wildman–Crippen MR) is 111 cm³/mol. The summed E-state index contributed by atoms with van der Waals surface area (Å²) in [5.41, 5.74) is 1.89. The van der Waals surface area contributed by atoms with Crippen LogP contribution in [0.15, 0.2) is 60.9 Å². The van der Waals surface area contributed by atoms with E-state index in [0.29, 0.717) is 6.54 Å². The highest BCUT2D eigenvalue weighted by Crippen LogP contribution is 2.11. The zero-order chi connectivity index (χ0) is 22.2. The molecule has 3 aromatic rings. The van der Waals surface area contributed by atoms with E-state index in [1.165, 1.54) is 18.2 Å². The summed E-state index contributed by atoms with van der Waals surface area (Å²) in [4.78, 5) is 43.5. The molecule has 0 atom stereocenters. The van der Waals surface area contributed by atoms with Crippen molar-refractivity contribution in [1.82, 2.24) is 20.6 Å². The number of aromatic nitrogens is 2. The lowest BCUT2D eigenvalue weighted by Crippen LogP contribution is -2.27. The Balaban J connectivity index is 1.57. The molecule has 3 rings (SSSR count). The van der Waals surface area contributed by atoms with Crippen molar-refractivity contribution in [2.24, 2.45) is 0 Å². The molecule has 2 amide bonds. The van der Waals surface area contributed by atoms with E-state index in [1.807, 2.05) is 12.1 Å². The molecular formula is C22H20N4O5. The Morgan fingerprint density at radius 2 is 1.32 bits per heavy atom. The number of hydrogen-bond acceptors (Lipinski definition) is 6. The molecule has 9 heteroatoms. The molecule has 1 heterocycles. The van der Waals surface area contributed by atoms with E-state index < -0.39 is 17.8 Å². The summed E-state index contributed by atoms with van der Waals surface area (Å²) < 4.78 is 5.10. The van der Waals surface area contributed by atoms with Gasteiger partial charge in [-0.1, -0.05) is 24.3 Å².